The molecule has 0 fully saturated rings. The van der Waals surface area contributed by atoms with E-state index in [0.717, 1.165) is 0 Å². The first-order valence-electron chi connectivity index (χ1n) is 5.89. The van der Waals surface area contributed by atoms with Crippen LogP contribution in [-0.4, -0.2) is 43.1 Å². The van der Waals surface area contributed by atoms with E-state index in [4.69, 9.17) is 10.5 Å². The zero-order valence-electron chi connectivity index (χ0n) is 10.8. The number of carbonyl (C=O) groups is 1. The van der Waals surface area contributed by atoms with E-state index in [1.54, 1.807) is 6.92 Å². The van der Waals surface area contributed by atoms with E-state index in [-0.39, 0.29) is 18.8 Å². The highest BCUT2D eigenvalue weighted by molar-refractivity contribution is 5.93. The van der Waals surface area contributed by atoms with Crippen LogP contribution >= 0.6 is 0 Å². The molecule has 20 heavy (non-hydrogen) atoms. The lowest BCUT2D eigenvalue weighted by Gasteiger charge is -2.19. The predicted molar refractivity (Wildman–Crippen MR) is 65.2 cm³/mol. The van der Waals surface area contributed by atoms with E-state index >= 15 is 0 Å². The molecule has 1 unspecified atom stereocenters. The van der Waals surface area contributed by atoms with Crippen molar-refractivity contribution in [2.45, 2.75) is 19.3 Å². The number of hydrogen-bond donors (Lipinski definition) is 3. The average molecular weight is 295 g/mol. The van der Waals surface area contributed by atoms with Crippen LogP contribution in [0.1, 0.15) is 17.4 Å². The molecule has 0 spiro atoms. The zero-order chi connectivity index (χ0) is 15.2. The van der Waals surface area contributed by atoms with Gasteiger partial charge in [0.2, 0.25) is 0 Å². The topological polar surface area (TPSA) is 89.4 Å². The van der Waals surface area contributed by atoms with Crippen LogP contribution in [0.15, 0.2) is 12.3 Å². The Morgan fingerprint density at radius 3 is 2.80 bits per heavy atom. The van der Waals surface area contributed by atoms with Crippen molar-refractivity contribution in [3.05, 3.63) is 18.0 Å². The summed E-state index contributed by atoms with van der Waals surface area (Å²) in [4.78, 5) is 14.2. The molecule has 6 nitrogen and oxygen atoms in total. The van der Waals surface area contributed by atoms with Gasteiger partial charge < -0.3 is 20.8 Å². The number of aromatic nitrogens is 1. The molecule has 1 aromatic heterocycles. The third kappa shape index (κ3) is 5.10. The van der Waals surface area contributed by atoms with Crippen LogP contribution in [0.3, 0.4) is 0 Å². The van der Waals surface area contributed by atoms with Crippen LogP contribution in [-0.2, 0) is 9.47 Å². The van der Waals surface area contributed by atoms with Gasteiger partial charge in [-0.2, -0.15) is 0 Å². The lowest BCUT2D eigenvalue weighted by atomic mass is 10.2. The summed E-state index contributed by atoms with van der Waals surface area (Å²) in [5, 5.41) is 2.71. The molecule has 0 aliphatic carbocycles. The Labute approximate surface area is 113 Å². The van der Waals surface area contributed by atoms with Crippen molar-refractivity contribution in [2.24, 2.45) is 5.73 Å². The Balaban J connectivity index is 2.66. The fourth-order valence-corrected chi connectivity index (χ4v) is 1.45. The smallest absolute Gasteiger partial charge is 0.461 e. The fraction of sp³-hybridized carbons (Fsp3) is 0.545. The molecular formula is C11H16F3N3O3. The number of halogens is 3. The number of nitrogens with one attached hydrogen (secondary N) is 2. The van der Waals surface area contributed by atoms with Crippen molar-refractivity contribution in [1.29, 1.82) is 0 Å². The number of alkyl halides is 3. The van der Waals surface area contributed by atoms with Gasteiger partial charge in [0.05, 0.1) is 24.9 Å². The first-order chi connectivity index (χ1) is 9.37. The Bertz CT molecular complexity index is 434. The van der Waals surface area contributed by atoms with Gasteiger partial charge in [-0.3, -0.25) is 4.74 Å². The Morgan fingerprint density at radius 1 is 1.55 bits per heavy atom. The number of H-pyrrole nitrogens is 1. The van der Waals surface area contributed by atoms with E-state index in [1.165, 1.54) is 12.3 Å². The first-order valence-corrected chi connectivity index (χ1v) is 5.89. The van der Waals surface area contributed by atoms with Crippen molar-refractivity contribution >= 4 is 11.7 Å². The standard InChI is InChI=1S/C11H16F3N3O3/c1-2-19-10(18)9-8(3-4-16-9)17-7(5-15)6-20-11(12,13)14/h3-4,7,16-17H,2,5-6,15H2,1H3. The number of esters is 1. The normalized spacial score (nSPS) is 13.1. The summed E-state index contributed by atoms with van der Waals surface area (Å²) in [7, 11) is 0. The average Bonchev–Trinajstić information content (AvgIpc) is 2.81. The SMILES string of the molecule is CCOC(=O)c1[nH]ccc1NC(CN)COC(F)(F)F. The maximum absolute atomic E-state index is 12.0. The number of rotatable bonds is 7. The fourth-order valence-electron chi connectivity index (χ4n) is 1.45. The Kier molecular flexibility index (Phi) is 5.83. The van der Waals surface area contributed by atoms with Crippen LogP contribution in [0.4, 0.5) is 18.9 Å². The molecule has 0 bridgehead atoms. The molecule has 4 N–H and O–H groups in total. The van der Waals surface area contributed by atoms with Gasteiger partial charge in [0.1, 0.15) is 5.69 Å². The number of ether oxygens (including phenoxy) is 2. The van der Waals surface area contributed by atoms with Gasteiger partial charge in [-0.1, -0.05) is 0 Å². The monoisotopic (exact) mass is 295 g/mol. The highest BCUT2D eigenvalue weighted by Crippen LogP contribution is 2.19. The van der Waals surface area contributed by atoms with E-state index < -0.39 is 25.0 Å². The van der Waals surface area contributed by atoms with Crippen LogP contribution in [0.5, 0.6) is 0 Å². The Morgan fingerprint density at radius 2 is 2.25 bits per heavy atom. The number of nitrogens with two attached hydrogens (primary N) is 1. The molecule has 1 aromatic rings. The molecule has 1 heterocycles. The molecule has 0 aliphatic heterocycles. The summed E-state index contributed by atoms with van der Waals surface area (Å²) in [6.45, 7) is 1.08. The van der Waals surface area contributed by atoms with Gasteiger partial charge in [0, 0.05) is 12.7 Å². The highest BCUT2D eigenvalue weighted by Gasteiger charge is 2.30. The second-order valence-electron chi connectivity index (χ2n) is 3.82. The molecule has 0 radical (unpaired) electrons. The molecule has 1 atom stereocenters. The minimum atomic E-state index is -4.72. The summed E-state index contributed by atoms with van der Waals surface area (Å²) >= 11 is 0. The van der Waals surface area contributed by atoms with Crippen molar-refractivity contribution in [3.63, 3.8) is 0 Å². The van der Waals surface area contributed by atoms with E-state index in [1.807, 2.05) is 0 Å². The van der Waals surface area contributed by atoms with E-state index in [0.29, 0.717) is 5.69 Å². The van der Waals surface area contributed by atoms with Crippen LogP contribution < -0.4 is 11.1 Å². The van der Waals surface area contributed by atoms with Crippen LogP contribution in [0, 0.1) is 0 Å². The number of aromatic amines is 1. The van der Waals surface area contributed by atoms with Gasteiger partial charge in [-0.05, 0) is 13.0 Å². The largest absolute Gasteiger partial charge is 0.522 e. The molecule has 9 heteroatoms. The summed E-state index contributed by atoms with van der Waals surface area (Å²) in [6, 6.07) is 0.711. The van der Waals surface area contributed by atoms with Gasteiger partial charge in [-0.25, -0.2) is 4.79 Å². The molecule has 0 aliphatic rings. The number of carbonyl (C=O) groups excluding carboxylic acids is 1. The van der Waals surface area contributed by atoms with Gasteiger partial charge in [-0.15, -0.1) is 13.2 Å². The number of hydrogen-bond acceptors (Lipinski definition) is 5. The molecule has 1 rings (SSSR count). The van der Waals surface area contributed by atoms with Crippen LogP contribution in [0.25, 0.3) is 0 Å². The van der Waals surface area contributed by atoms with Crippen molar-refractivity contribution in [2.75, 3.05) is 25.1 Å². The zero-order valence-corrected chi connectivity index (χ0v) is 10.8. The molecule has 0 aromatic carbocycles. The molecule has 0 amide bonds. The van der Waals surface area contributed by atoms with Crippen molar-refractivity contribution in [1.82, 2.24) is 4.98 Å². The first kappa shape index (κ1) is 16.3. The quantitative estimate of drug-likeness (QED) is 0.663. The lowest BCUT2D eigenvalue weighted by Crippen LogP contribution is -2.36. The second-order valence-corrected chi connectivity index (χ2v) is 3.82. The second kappa shape index (κ2) is 7.15. The predicted octanol–water partition coefficient (Wildman–Crippen LogP) is 1.47. The molecule has 0 saturated heterocycles. The Hall–Kier alpha value is -1.74. The minimum Gasteiger partial charge on any atom is -0.461 e. The molecule has 0 saturated carbocycles. The summed E-state index contributed by atoms with van der Waals surface area (Å²) in [5.41, 5.74) is 5.80. The van der Waals surface area contributed by atoms with E-state index in [9.17, 15) is 18.0 Å². The van der Waals surface area contributed by atoms with Crippen molar-refractivity contribution < 1.29 is 27.4 Å². The van der Waals surface area contributed by atoms with Gasteiger partial charge in [0.15, 0.2) is 0 Å². The summed E-state index contributed by atoms with van der Waals surface area (Å²) < 4.78 is 44.4. The molecule has 114 valence electrons. The lowest BCUT2D eigenvalue weighted by molar-refractivity contribution is -0.325. The minimum absolute atomic E-state index is 0.0937. The highest BCUT2D eigenvalue weighted by atomic mass is 19.4. The summed E-state index contributed by atoms with van der Waals surface area (Å²) in [5.74, 6) is -0.604. The molecular weight excluding hydrogens is 279 g/mol. The van der Waals surface area contributed by atoms with Gasteiger partial charge in [0.25, 0.3) is 0 Å². The van der Waals surface area contributed by atoms with Gasteiger partial charge >= 0.3 is 12.3 Å². The van der Waals surface area contributed by atoms with Crippen molar-refractivity contribution in [3.8, 4) is 0 Å². The maximum atomic E-state index is 12.0. The third-order valence-corrected chi connectivity index (χ3v) is 2.32. The maximum Gasteiger partial charge on any atom is 0.522 e. The summed E-state index contributed by atoms with van der Waals surface area (Å²) in [6.07, 6.45) is -3.26. The van der Waals surface area contributed by atoms with Crippen LogP contribution in [0.2, 0.25) is 0 Å². The third-order valence-electron chi connectivity index (χ3n) is 2.32. The number of anilines is 1. The van der Waals surface area contributed by atoms with E-state index in [2.05, 4.69) is 15.0 Å².